The minimum Gasteiger partial charge on any atom is -0.294 e. The molecule has 3 rings (SSSR count). The Balaban J connectivity index is 1.78. The zero-order chi connectivity index (χ0) is 15.9. The summed E-state index contributed by atoms with van der Waals surface area (Å²) >= 11 is 0. The van der Waals surface area contributed by atoms with Crippen LogP contribution >= 0.6 is 0 Å². The Labute approximate surface area is 129 Å². The molecule has 3 heterocycles. The average Bonchev–Trinajstić information content (AvgIpc) is 2.75. The Bertz CT molecular complexity index is 813. The van der Waals surface area contributed by atoms with Gasteiger partial charge in [-0.1, -0.05) is 0 Å². The Morgan fingerprint density at radius 3 is 2.77 bits per heavy atom. The van der Waals surface area contributed by atoms with Crippen molar-refractivity contribution in [3.05, 3.63) is 34.9 Å². The molecule has 0 amide bonds. The SMILES string of the molecule is Cc1nn(C)cc1CN1CCc2nc(S(C)(=O)=O)ncc2C1. The van der Waals surface area contributed by atoms with Gasteiger partial charge in [-0.15, -0.1) is 0 Å². The van der Waals surface area contributed by atoms with Crippen LogP contribution in [-0.2, 0) is 36.4 Å². The lowest BCUT2D eigenvalue weighted by molar-refractivity contribution is 0.241. The van der Waals surface area contributed by atoms with E-state index in [0.29, 0.717) is 0 Å². The maximum absolute atomic E-state index is 11.5. The van der Waals surface area contributed by atoms with E-state index >= 15 is 0 Å². The van der Waals surface area contributed by atoms with E-state index in [-0.39, 0.29) is 5.16 Å². The summed E-state index contributed by atoms with van der Waals surface area (Å²) in [4.78, 5) is 10.5. The van der Waals surface area contributed by atoms with Crippen molar-refractivity contribution in [3.63, 3.8) is 0 Å². The zero-order valence-corrected chi connectivity index (χ0v) is 13.8. The third kappa shape index (κ3) is 3.02. The van der Waals surface area contributed by atoms with E-state index in [1.165, 1.54) is 5.56 Å². The fourth-order valence-corrected chi connectivity index (χ4v) is 3.23. The first-order chi connectivity index (χ1) is 10.3. The van der Waals surface area contributed by atoms with Gasteiger partial charge in [-0.3, -0.25) is 9.58 Å². The summed E-state index contributed by atoms with van der Waals surface area (Å²) in [6, 6.07) is 0. The van der Waals surface area contributed by atoms with Crippen LogP contribution in [0, 0.1) is 6.92 Å². The van der Waals surface area contributed by atoms with Gasteiger partial charge in [-0.25, -0.2) is 18.4 Å². The predicted octanol–water partition coefficient (Wildman–Crippen LogP) is 0.480. The average molecular weight is 321 g/mol. The first kappa shape index (κ1) is 15.1. The second kappa shape index (κ2) is 5.44. The molecule has 1 aliphatic heterocycles. The molecule has 0 saturated carbocycles. The number of hydrogen-bond acceptors (Lipinski definition) is 6. The van der Waals surface area contributed by atoms with Crippen LogP contribution in [0.15, 0.2) is 17.6 Å². The molecule has 0 fully saturated rings. The third-order valence-corrected chi connectivity index (χ3v) is 4.69. The number of sulfone groups is 1. The van der Waals surface area contributed by atoms with Crippen LogP contribution in [0.5, 0.6) is 0 Å². The number of aryl methyl sites for hydroxylation is 2. The van der Waals surface area contributed by atoms with Crippen molar-refractivity contribution in [2.24, 2.45) is 7.05 Å². The predicted molar refractivity (Wildman–Crippen MR) is 80.9 cm³/mol. The largest absolute Gasteiger partial charge is 0.294 e. The van der Waals surface area contributed by atoms with Crippen molar-refractivity contribution in [2.75, 3.05) is 12.8 Å². The molecule has 7 nitrogen and oxygen atoms in total. The Kier molecular flexibility index (Phi) is 3.73. The van der Waals surface area contributed by atoms with Gasteiger partial charge in [0.25, 0.3) is 0 Å². The summed E-state index contributed by atoms with van der Waals surface area (Å²) in [5.41, 5.74) is 4.09. The van der Waals surface area contributed by atoms with E-state index < -0.39 is 9.84 Å². The molecule has 0 aliphatic carbocycles. The highest BCUT2D eigenvalue weighted by Crippen LogP contribution is 2.20. The fraction of sp³-hybridized carbons (Fsp3) is 0.500. The molecule has 8 heteroatoms. The van der Waals surface area contributed by atoms with Gasteiger partial charge in [0.05, 0.1) is 11.4 Å². The molecule has 0 saturated heterocycles. The molecule has 0 bridgehead atoms. The number of hydrogen-bond donors (Lipinski definition) is 0. The molecular formula is C14H19N5O2S. The van der Waals surface area contributed by atoms with Gasteiger partial charge in [0, 0.05) is 62.9 Å². The van der Waals surface area contributed by atoms with E-state index in [0.717, 1.165) is 49.3 Å². The van der Waals surface area contributed by atoms with Gasteiger partial charge in [-0.2, -0.15) is 5.10 Å². The smallest absolute Gasteiger partial charge is 0.246 e. The lowest BCUT2D eigenvalue weighted by atomic mass is 10.1. The van der Waals surface area contributed by atoms with Crippen LogP contribution in [0.2, 0.25) is 0 Å². The van der Waals surface area contributed by atoms with Crippen LogP contribution in [0.4, 0.5) is 0 Å². The van der Waals surface area contributed by atoms with Crippen molar-refractivity contribution in [1.82, 2.24) is 24.6 Å². The zero-order valence-electron chi connectivity index (χ0n) is 12.9. The van der Waals surface area contributed by atoms with Gasteiger partial charge >= 0.3 is 0 Å². The van der Waals surface area contributed by atoms with Crippen LogP contribution in [0.1, 0.15) is 22.5 Å². The highest BCUT2D eigenvalue weighted by Gasteiger charge is 2.21. The first-order valence-electron chi connectivity index (χ1n) is 7.09. The van der Waals surface area contributed by atoms with Gasteiger partial charge in [-0.05, 0) is 6.92 Å². The maximum Gasteiger partial charge on any atom is 0.246 e. The molecule has 2 aromatic heterocycles. The Morgan fingerprint density at radius 2 is 2.14 bits per heavy atom. The molecule has 22 heavy (non-hydrogen) atoms. The summed E-state index contributed by atoms with van der Waals surface area (Å²) in [7, 11) is -1.43. The van der Waals surface area contributed by atoms with Crippen molar-refractivity contribution < 1.29 is 8.42 Å². The lowest BCUT2D eigenvalue weighted by Gasteiger charge is -2.27. The molecule has 1 aliphatic rings. The van der Waals surface area contributed by atoms with Crippen LogP contribution in [-0.4, -0.2) is 45.9 Å². The van der Waals surface area contributed by atoms with Crippen LogP contribution in [0.3, 0.4) is 0 Å². The second-order valence-corrected chi connectivity index (χ2v) is 7.68. The minimum absolute atomic E-state index is 0.0807. The molecule has 0 aromatic carbocycles. The highest BCUT2D eigenvalue weighted by atomic mass is 32.2. The summed E-state index contributed by atoms with van der Waals surface area (Å²) in [5, 5.41) is 4.28. The molecule has 0 spiro atoms. The van der Waals surface area contributed by atoms with Gasteiger partial charge in [0.2, 0.25) is 15.0 Å². The Hall–Kier alpha value is -1.80. The van der Waals surface area contributed by atoms with Crippen molar-refractivity contribution in [1.29, 1.82) is 0 Å². The standard InChI is InChI=1S/C14H19N5O2S/c1-10-12(7-18(2)17-10)9-19-5-4-13-11(8-19)6-15-14(16-13)22(3,20)21/h6-7H,4-5,8-9H2,1-3H3. The minimum atomic E-state index is -3.35. The van der Waals surface area contributed by atoms with Gasteiger partial charge < -0.3 is 0 Å². The molecule has 118 valence electrons. The fourth-order valence-electron chi connectivity index (χ4n) is 2.71. The molecule has 0 N–H and O–H groups in total. The summed E-state index contributed by atoms with van der Waals surface area (Å²) < 4.78 is 24.9. The van der Waals surface area contributed by atoms with Crippen molar-refractivity contribution in [3.8, 4) is 0 Å². The van der Waals surface area contributed by atoms with E-state index in [9.17, 15) is 8.42 Å². The lowest BCUT2D eigenvalue weighted by Crippen LogP contribution is -2.31. The molecule has 0 unspecified atom stereocenters. The summed E-state index contributed by atoms with van der Waals surface area (Å²) in [6.45, 7) is 4.41. The normalized spacial score (nSPS) is 15.8. The van der Waals surface area contributed by atoms with Crippen LogP contribution < -0.4 is 0 Å². The molecule has 0 radical (unpaired) electrons. The summed E-state index contributed by atoms with van der Waals surface area (Å²) in [5.74, 6) is 0. The van der Waals surface area contributed by atoms with Crippen molar-refractivity contribution in [2.45, 2.75) is 31.6 Å². The van der Waals surface area contributed by atoms with Gasteiger partial charge in [0.1, 0.15) is 0 Å². The summed E-state index contributed by atoms with van der Waals surface area (Å²) in [6.07, 6.45) is 5.55. The maximum atomic E-state index is 11.5. The first-order valence-corrected chi connectivity index (χ1v) is 8.98. The number of aromatic nitrogens is 4. The van der Waals surface area contributed by atoms with E-state index in [1.54, 1.807) is 6.20 Å². The molecule has 0 atom stereocenters. The van der Waals surface area contributed by atoms with Crippen LogP contribution in [0.25, 0.3) is 0 Å². The van der Waals surface area contributed by atoms with Crippen molar-refractivity contribution >= 4 is 9.84 Å². The highest BCUT2D eigenvalue weighted by molar-refractivity contribution is 7.90. The second-order valence-electron chi connectivity index (χ2n) is 5.77. The topological polar surface area (TPSA) is 81.0 Å². The number of rotatable bonds is 3. The van der Waals surface area contributed by atoms with E-state index in [1.807, 2.05) is 24.9 Å². The van der Waals surface area contributed by atoms with E-state index in [4.69, 9.17) is 0 Å². The Morgan fingerprint density at radius 1 is 1.36 bits per heavy atom. The third-order valence-electron chi connectivity index (χ3n) is 3.83. The number of nitrogens with zero attached hydrogens (tertiary/aromatic N) is 5. The number of fused-ring (bicyclic) bond motifs is 1. The van der Waals surface area contributed by atoms with Gasteiger partial charge in [0.15, 0.2) is 0 Å². The molecular weight excluding hydrogens is 302 g/mol. The monoisotopic (exact) mass is 321 g/mol. The van der Waals surface area contributed by atoms with E-state index in [2.05, 4.69) is 20.0 Å². The molecule has 2 aromatic rings. The quantitative estimate of drug-likeness (QED) is 0.765.